The fraction of sp³-hybridized carbons (Fsp3) is 0.300. The molecule has 0 radical (unpaired) electrons. The van der Waals surface area contributed by atoms with Gasteiger partial charge in [-0.3, -0.25) is 9.59 Å². The lowest BCUT2D eigenvalue weighted by atomic mass is 10.1. The number of anilines is 1. The Hall–Kier alpha value is -3.03. The second-order valence-electron chi connectivity index (χ2n) is 6.92. The molecule has 1 aromatic heterocycles. The molecule has 2 aromatic carbocycles. The second kappa shape index (κ2) is 6.85. The van der Waals surface area contributed by atoms with Crippen LogP contribution in [-0.2, 0) is 16.1 Å². The van der Waals surface area contributed by atoms with E-state index in [0.29, 0.717) is 40.5 Å². The van der Waals surface area contributed by atoms with Gasteiger partial charge in [-0.25, -0.2) is 0 Å². The Morgan fingerprint density at radius 1 is 1.07 bits per heavy atom. The average molecular weight is 389 g/mol. The highest BCUT2D eigenvalue weighted by Crippen LogP contribution is 2.33. The summed E-state index contributed by atoms with van der Waals surface area (Å²) in [6.45, 7) is -0.539. The lowest BCUT2D eigenvalue weighted by Gasteiger charge is -2.15. The molecular weight excluding hydrogens is 371 g/mol. The largest absolute Gasteiger partial charge is 0.406 e. The van der Waals surface area contributed by atoms with Crippen LogP contribution in [0.15, 0.2) is 42.5 Å². The van der Waals surface area contributed by atoms with Crippen molar-refractivity contribution in [1.29, 1.82) is 0 Å². The molecule has 0 atom stereocenters. The van der Waals surface area contributed by atoms with Crippen LogP contribution in [0.1, 0.15) is 12.8 Å². The lowest BCUT2D eigenvalue weighted by molar-refractivity contribution is -0.139. The lowest BCUT2D eigenvalue weighted by Crippen LogP contribution is -2.33. The molecule has 1 N–H and O–H groups in total. The van der Waals surface area contributed by atoms with Gasteiger partial charge in [0, 0.05) is 40.5 Å². The van der Waals surface area contributed by atoms with Crippen LogP contribution in [0.4, 0.5) is 18.9 Å². The molecule has 0 spiro atoms. The maximum absolute atomic E-state index is 13.0. The summed E-state index contributed by atoms with van der Waals surface area (Å²) in [6.07, 6.45) is -3.14. The van der Waals surface area contributed by atoms with Crippen LogP contribution >= 0.6 is 0 Å². The highest BCUT2D eigenvalue weighted by Gasteiger charge is 2.29. The molecule has 1 fully saturated rings. The molecule has 2 heterocycles. The van der Waals surface area contributed by atoms with Gasteiger partial charge in [-0.05, 0) is 30.7 Å². The number of rotatable bonds is 4. The van der Waals surface area contributed by atoms with E-state index in [1.54, 1.807) is 42.5 Å². The van der Waals surface area contributed by atoms with Crippen LogP contribution in [0.5, 0.6) is 0 Å². The van der Waals surface area contributed by atoms with E-state index in [1.807, 2.05) is 0 Å². The number of fused-ring (bicyclic) bond motifs is 3. The van der Waals surface area contributed by atoms with E-state index in [1.165, 1.54) is 9.47 Å². The van der Waals surface area contributed by atoms with Crippen LogP contribution in [-0.4, -0.2) is 40.5 Å². The Labute approximate surface area is 158 Å². The number of hydrogen-bond acceptors (Lipinski definition) is 2. The van der Waals surface area contributed by atoms with Crippen LogP contribution in [0.25, 0.3) is 21.8 Å². The molecule has 0 unspecified atom stereocenters. The van der Waals surface area contributed by atoms with Crippen molar-refractivity contribution >= 4 is 39.3 Å². The first-order chi connectivity index (χ1) is 13.3. The van der Waals surface area contributed by atoms with Crippen molar-refractivity contribution < 1.29 is 22.8 Å². The predicted molar refractivity (Wildman–Crippen MR) is 99.9 cm³/mol. The number of carbonyl (C=O) groups is 2. The molecule has 0 aliphatic carbocycles. The van der Waals surface area contributed by atoms with Crippen LogP contribution in [0.3, 0.4) is 0 Å². The van der Waals surface area contributed by atoms with Crippen molar-refractivity contribution in [3.63, 3.8) is 0 Å². The van der Waals surface area contributed by atoms with Crippen molar-refractivity contribution in [3.8, 4) is 0 Å². The normalized spacial score (nSPS) is 15.0. The number of para-hydroxylation sites is 1. The number of benzene rings is 2. The van der Waals surface area contributed by atoms with Gasteiger partial charge in [-0.1, -0.05) is 18.2 Å². The number of hydrogen-bond donors (Lipinski definition) is 1. The summed E-state index contributed by atoms with van der Waals surface area (Å²) in [5.41, 5.74) is 1.42. The van der Waals surface area contributed by atoms with Gasteiger partial charge in [0.2, 0.25) is 11.8 Å². The summed E-state index contributed by atoms with van der Waals surface area (Å²) >= 11 is 0. The Kier molecular flexibility index (Phi) is 4.49. The van der Waals surface area contributed by atoms with Crippen LogP contribution < -0.4 is 5.32 Å². The van der Waals surface area contributed by atoms with Gasteiger partial charge in [-0.2, -0.15) is 13.2 Å². The smallest absolute Gasteiger partial charge is 0.333 e. The molecule has 146 valence electrons. The maximum atomic E-state index is 13.0. The number of nitrogens with zero attached hydrogens (tertiary/aromatic N) is 2. The van der Waals surface area contributed by atoms with E-state index >= 15 is 0 Å². The van der Waals surface area contributed by atoms with Crippen molar-refractivity contribution in [2.45, 2.75) is 25.6 Å². The number of halogens is 3. The van der Waals surface area contributed by atoms with Gasteiger partial charge in [-0.15, -0.1) is 0 Å². The topological polar surface area (TPSA) is 54.3 Å². The van der Waals surface area contributed by atoms with Crippen molar-refractivity contribution in [2.24, 2.45) is 0 Å². The molecule has 8 heteroatoms. The monoisotopic (exact) mass is 389 g/mol. The summed E-state index contributed by atoms with van der Waals surface area (Å²) in [6, 6.07) is 11.7. The van der Waals surface area contributed by atoms with Crippen molar-refractivity contribution in [1.82, 2.24) is 9.47 Å². The fourth-order valence-corrected chi connectivity index (χ4v) is 3.73. The fourth-order valence-electron chi connectivity index (χ4n) is 3.73. The molecule has 1 aliphatic heterocycles. The summed E-state index contributed by atoms with van der Waals surface area (Å²) in [4.78, 5) is 25.4. The Bertz CT molecular complexity index is 1070. The number of alkyl halides is 3. The summed E-state index contributed by atoms with van der Waals surface area (Å²) < 4.78 is 40.4. The van der Waals surface area contributed by atoms with Gasteiger partial charge in [0.15, 0.2) is 0 Å². The van der Waals surface area contributed by atoms with E-state index in [2.05, 4.69) is 5.32 Å². The highest BCUT2D eigenvalue weighted by atomic mass is 19.4. The van der Waals surface area contributed by atoms with Gasteiger partial charge >= 0.3 is 6.18 Å². The maximum Gasteiger partial charge on any atom is 0.406 e. The molecule has 0 bridgehead atoms. The number of aromatic nitrogens is 1. The zero-order valence-corrected chi connectivity index (χ0v) is 14.9. The van der Waals surface area contributed by atoms with E-state index in [9.17, 15) is 22.8 Å². The first-order valence-electron chi connectivity index (χ1n) is 8.97. The SMILES string of the molecule is O=C(CN1CCCC1=O)Nc1ccc2c(c1)c1ccccc1n2CC(F)(F)F. The van der Waals surface area contributed by atoms with E-state index < -0.39 is 12.7 Å². The van der Waals surface area contributed by atoms with E-state index in [0.717, 1.165) is 6.42 Å². The van der Waals surface area contributed by atoms with Gasteiger partial charge < -0.3 is 14.8 Å². The second-order valence-corrected chi connectivity index (χ2v) is 6.92. The molecular formula is C20H18F3N3O2. The summed E-state index contributed by atoms with van der Waals surface area (Å²) in [5, 5.41) is 4.06. The Balaban J connectivity index is 1.66. The van der Waals surface area contributed by atoms with Gasteiger partial charge in [0.25, 0.3) is 0 Å². The Morgan fingerprint density at radius 2 is 1.82 bits per heavy atom. The first kappa shape index (κ1) is 18.3. The molecule has 0 saturated carbocycles. The molecule has 1 saturated heterocycles. The molecule has 5 nitrogen and oxygen atoms in total. The standard InChI is InChI=1S/C20H18F3N3O2/c21-20(22,23)12-26-16-5-2-1-4-14(16)15-10-13(7-8-17(15)26)24-18(27)11-25-9-3-6-19(25)28/h1-2,4-5,7-8,10H,3,6,9,11-12H2,(H,24,27). The third kappa shape index (κ3) is 3.54. The predicted octanol–water partition coefficient (Wildman–Crippen LogP) is 3.92. The van der Waals surface area contributed by atoms with Gasteiger partial charge in [0.05, 0.1) is 6.54 Å². The minimum Gasteiger partial charge on any atom is -0.333 e. The molecule has 1 aliphatic rings. The van der Waals surface area contributed by atoms with E-state index in [4.69, 9.17) is 0 Å². The highest BCUT2D eigenvalue weighted by molar-refractivity contribution is 6.10. The molecule has 3 aromatic rings. The van der Waals surface area contributed by atoms with Crippen LogP contribution in [0, 0.1) is 0 Å². The summed E-state index contributed by atoms with van der Waals surface area (Å²) in [7, 11) is 0. The molecule has 4 rings (SSSR count). The zero-order chi connectivity index (χ0) is 19.9. The van der Waals surface area contributed by atoms with Crippen LogP contribution in [0.2, 0.25) is 0 Å². The molecule has 28 heavy (non-hydrogen) atoms. The first-order valence-corrected chi connectivity index (χ1v) is 8.97. The van der Waals surface area contributed by atoms with Gasteiger partial charge in [0.1, 0.15) is 6.54 Å². The minimum absolute atomic E-state index is 0.0211. The number of amides is 2. The van der Waals surface area contributed by atoms with Crippen molar-refractivity contribution in [3.05, 3.63) is 42.5 Å². The average Bonchev–Trinajstić information content (AvgIpc) is 3.16. The molecule has 2 amide bonds. The zero-order valence-electron chi connectivity index (χ0n) is 14.9. The number of carbonyl (C=O) groups excluding carboxylic acids is 2. The minimum atomic E-state index is -4.34. The number of nitrogens with one attached hydrogen (secondary N) is 1. The third-order valence-electron chi connectivity index (χ3n) is 4.90. The van der Waals surface area contributed by atoms with E-state index in [-0.39, 0.29) is 18.4 Å². The third-order valence-corrected chi connectivity index (χ3v) is 4.90. The summed E-state index contributed by atoms with van der Waals surface area (Å²) in [5.74, 6) is -0.366. The number of likely N-dealkylation sites (tertiary alicyclic amines) is 1. The Morgan fingerprint density at radius 3 is 2.54 bits per heavy atom. The quantitative estimate of drug-likeness (QED) is 0.735. The van der Waals surface area contributed by atoms with Crippen molar-refractivity contribution in [2.75, 3.05) is 18.4 Å².